The molecule has 4 nitrogen and oxygen atoms in total. The number of hydrogen-bond acceptors (Lipinski definition) is 3. The molecule has 2 rings (SSSR count). The van der Waals surface area contributed by atoms with Crippen molar-refractivity contribution in [2.75, 3.05) is 11.1 Å². The Balaban J connectivity index is 2.34. The van der Waals surface area contributed by atoms with Crippen LogP contribution in [-0.2, 0) is 6.18 Å². The normalized spacial score (nSPS) is 11.2. The number of nitrogen functional groups attached to an aromatic ring is 1. The number of rotatable bonds is 2. The van der Waals surface area contributed by atoms with Crippen molar-refractivity contribution in [3.8, 4) is 0 Å². The van der Waals surface area contributed by atoms with Crippen LogP contribution in [0.4, 0.5) is 24.5 Å². The van der Waals surface area contributed by atoms with Crippen LogP contribution in [-0.4, -0.2) is 10.9 Å². The lowest BCUT2D eigenvalue weighted by Gasteiger charge is -2.14. The Morgan fingerprint density at radius 1 is 1.24 bits per heavy atom. The van der Waals surface area contributed by atoms with Gasteiger partial charge in [-0.3, -0.25) is 4.79 Å². The number of carbonyl (C=O) groups excluding carboxylic acids is 1. The number of carbonyl (C=O) groups is 1. The van der Waals surface area contributed by atoms with Gasteiger partial charge in [-0.25, -0.2) is 4.98 Å². The van der Waals surface area contributed by atoms with Crippen LogP contribution < -0.4 is 11.1 Å². The fourth-order valence-electron chi connectivity index (χ4n) is 1.76. The van der Waals surface area contributed by atoms with Gasteiger partial charge in [0.1, 0.15) is 5.69 Å². The quantitative estimate of drug-likeness (QED) is 0.836. The molecule has 1 aromatic carbocycles. The Morgan fingerprint density at radius 2 is 1.95 bits per heavy atom. The summed E-state index contributed by atoms with van der Waals surface area (Å²) in [4.78, 5) is 15.9. The average molecular weight is 295 g/mol. The molecular weight excluding hydrogens is 283 g/mol. The Bertz CT molecular complexity index is 683. The summed E-state index contributed by atoms with van der Waals surface area (Å²) < 4.78 is 38.8. The number of benzene rings is 1. The number of nitrogens with zero attached hydrogens (tertiary/aromatic N) is 1. The van der Waals surface area contributed by atoms with Gasteiger partial charge in [0.2, 0.25) is 0 Å². The minimum atomic E-state index is -4.61. The van der Waals surface area contributed by atoms with Crippen molar-refractivity contribution in [2.45, 2.75) is 13.1 Å². The molecule has 0 unspecified atom stereocenters. The zero-order chi connectivity index (χ0) is 15.6. The first kappa shape index (κ1) is 14.8. The number of pyridine rings is 1. The van der Waals surface area contributed by atoms with E-state index in [1.165, 1.54) is 12.1 Å². The number of amides is 1. The first-order valence-corrected chi connectivity index (χ1v) is 5.99. The fraction of sp³-hybridized carbons (Fsp3) is 0.143. The summed E-state index contributed by atoms with van der Waals surface area (Å²) >= 11 is 0. The average Bonchev–Trinajstić information content (AvgIpc) is 2.39. The first-order valence-electron chi connectivity index (χ1n) is 5.99. The topological polar surface area (TPSA) is 68.0 Å². The smallest absolute Gasteiger partial charge is 0.399 e. The summed E-state index contributed by atoms with van der Waals surface area (Å²) in [5, 5.41) is 2.21. The molecule has 0 radical (unpaired) electrons. The lowest BCUT2D eigenvalue weighted by Crippen LogP contribution is -2.18. The third-order valence-electron chi connectivity index (χ3n) is 2.72. The van der Waals surface area contributed by atoms with Crippen molar-refractivity contribution in [3.05, 3.63) is 53.3 Å². The van der Waals surface area contributed by atoms with Crippen LogP contribution in [0.5, 0.6) is 0 Å². The molecule has 0 bridgehead atoms. The van der Waals surface area contributed by atoms with E-state index in [1.807, 2.05) is 0 Å². The van der Waals surface area contributed by atoms with Crippen LogP contribution in [0.2, 0.25) is 0 Å². The maximum atomic E-state index is 12.9. The van der Waals surface area contributed by atoms with E-state index in [-0.39, 0.29) is 17.1 Å². The molecule has 0 aliphatic rings. The monoisotopic (exact) mass is 295 g/mol. The summed E-state index contributed by atoms with van der Waals surface area (Å²) in [6.07, 6.45) is -4.61. The third kappa shape index (κ3) is 3.50. The van der Waals surface area contributed by atoms with Crippen molar-refractivity contribution >= 4 is 17.3 Å². The number of aromatic nitrogens is 1. The second-order valence-corrected chi connectivity index (χ2v) is 4.42. The number of aryl methyl sites for hydroxylation is 1. The summed E-state index contributed by atoms with van der Waals surface area (Å²) in [5.41, 5.74) is 4.61. The molecule has 0 spiro atoms. The van der Waals surface area contributed by atoms with E-state index in [9.17, 15) is 18.0 Å². The minimum absolute atomic E-state index is 0.0333. The van der Waals surface area contributed by atoms with Crippen LogP contribution in [0.3, 0.4) is 0 Å². The molecule has 1 aromatic heterocycles. The van der Waals surface area contributed by atoms with Crippen LogP contribution in [0.25, 0.3) is 0 Å². The van der Waals surface area contributed by atoms with Crippen LogP contribution in [0.1, 0.15) is 21.7 Å². The van der Waals surface area contributed by atoms with Gasteiger partial charge in [0.25, 0.3) is 5.91 Å². The highest BCUT2D eigenvalue weighted by Gasteiger charge is 2.34. The van der Waals surface area contributed by atoms with Crippen LogP contribution in [0.15, 0.2) is 36.4 Å². The van der Waals surface area contributed by atoms with Gasteiger partial charge in [-0.1, -0.05) is 6.07 Å². The molecule has 0 aliphatic carbocycles. The second-order valence-electron chi connectivity index (χ2n) is 4.42. The van der Waals surface area contributed by atoms with Gasteiger partial charge in [-0.05, 0) is 37.3 Å². The molecule has 0 atom stereocenters. The summed E-state index contributed by atoms with van der Waals surface area (Å²) in [6, 6.07) is 7.89. The number of hydrogen-bond donors (Lipinski definition) is 2. The van der Waals surface area contributed by atoms with E-state index in [2.05, 4.69) is 10.3 Å². The van der Waals surface area contributed by atoms with Crippen molar-refractivity contribution in [1.29, 1.82) is 0 Å². The molecular formula is C14H12F3N3O. The van der Waals surface area contributed by atoms with E-state index in [0.29, 0.717) is 5.69 Å². The molecule has 2 aromatic rings. The lowest BCUT2D eigenvalue weighted by molar-refractivity contribution is -0.136. The van der Waals surface area contributed by atoms with E-state index in [1.54, 1.807) is 19.1 Å². The number of nitrogens with one attached hydrogen (secondary N) is 1. The van der Waals surface area contributed by atoms with Gasteiger partial charge in [-0.2, -0.15) is 13.2 Å². The molecule has 21 heavy (non-hydrogen) atoms. The molecule has 0 fully saturated rings. The van der Waals surface area contributed by atoms with Crippen molar-refractivity contribution in [1.82, 2.24) is 4.98 Å². The number of anilines is 2. The van der Waals surface area contributed by atoms with Gasteiger partial charge in [0, 0.05) is 11.4 Å². The predicted octanol–water partition coefficient (Wildman–Crippen LogP) is 3.24. The van der Waals surface area contributed by atoms with Crippen LogP contribution in [0, 0.1) is 6.92 Å². The van der Waals surface area contributed by atoms with E-state index < -0.39 is 17.6 Å². The van der Waals surface area contributed by atoms with Crippen LogP contribution >= 0.6 is 0 Å². The molecule has 1 heterocycles. The highest BCUT2D eigenvalue weighted by Crippen LogP contribution is 2.36. The molecule has 0 saturated carbocycles. The molecule has 7 heteroatoms. The largest absolute Gasteiger partial charge is 0.418 e. The number of alkyl halides is 3. The van der Waals surface area contributed by atoms with Gasteiger partial charge in [0.05, 0.1) is 11.3 Å². The predicted molar refractivity (Wildman–Crippen MR) is 72.8 cm³/mol. The SMILES string of the molecule is Cc1cccc(C(=O)Nc2ccc(N)cc2C(F)(F)F)n1. The van der Waals surface area contributed by atoms with E-state index in [0.717, 1.165) is 12.1 Å². The van der Waals surface area contributed by atoms with E-state index in [4.69, 9.17) is 5.73 Å². The van der Waals surface area contributed by atoms with Crippen molar-refractivity contribution < 1.29 is 18.0 Å². The third-order valence-corrected chi connectivity index (χ3v) is 2.72. The molecule has 3 N–H and O–H groups in total. The summed E-state index contributed by atoms with van der Waals surface area (Å²) in [7, 11) is 0. The number of halogens is 3. The van der Waals surface area contributed by atoms with Gasteiger partial charge < -0.3 is 11.1 Å². The Kier molecular flexibility index (Phi) is 3.84. The molecule has 110 valence electrons. The Labute approximate surface area is 118 Å². The second kappa shape index (κ2) is 5.43. The molecule has 0 aliphatic heterocycles. The summed E-state index contributed by atoms with van der Waals surface area (Å²) in [6.45, 7) is 1.68. The number of nitrogens with two attached hydrogens (primary N) is 1. The maximum absolute atomic E-state index is 12.9. The first-order chi connectivity index (χ1) is 9.77. The Morgan fingerprint density at radius 3 is 2.57 bits per heavy atom. The van der Waals surface area contributed by atoms with Crippen molar-refractivity contribution in [3.63, 3.8) is 0 Å². The maximum Gasteiger partial charge on any atom is 0.418 e. The van der Waals surface area contributed by atoms with E-state index >= 15 is 0 Å². The zero-order valence-corrected chi connectivity index (χ0v) is 11.0. The van der Waals surface area contributed by atoms with Gasteiger partial charge >= 0.3 is 6.18 Å². The standard InChI is InChI=1S/C14H12F3N3O/c1-8-3-2-4-12(19-8)13(21)20-11-6-5-9(18)7-10(11)14(15,16)17/h2-7H,18H2,1H3,(H,20,21). The van der Waals surface area contributed by atoms with Gasteiger partial charge in [-0.15, -0.1) is 0 Å². The fourth-order valence-corrected chi connectivity index (χ4v) is 1.76. The Hall–Kier alpha value is -2.57. The zero-order valence-electron chi connectivity index (χ0n) is 11.0. The highest BCUT2D eigenvalue weighted by atomic mass is 19.4. The lowest BCUT2D eigenvalue weighted by atomic mass is 10.1. The molecule has 1 amide bonds. The summed E-state index contributed by atoms with van der Waals surface area (Å²) in [5.74, 6) is -0.714. The highest BCUT2D eigenvalue weighted by molar-refractivity contribution is 6.03. The molecule has 0 saturated heterocycles. The minimum Gasteiger partial charge on any atom is -0.399 e. The van der Waals surface area contributed by atoms with Crippen molar-refractivity contribution in [2.24, 2.45) is 0 Å². The van der Waals surface area contributed by atoms with Gasteiger partial charge in [0.15, 0.2) is 0 Å².